The maximum Gasteiger partial charge on any atom is 0.226 e. The Kier molecular flexibility index (Phi) is 8.81. The fourth-order valence-corrected chi connectivity index (χ4v) is 9.43. The summed E-state index contributed by atoms with van der Waals surface area (Å²) in [7, 11) is 1.60. The number of benzene rings is 2. The molecule has 3 aromatic heterocycles. The van der Waals surface area contributed by atoms with Crippen molar-refractivity contribution in [1.82, 2.24) is 24.8 Å². The number of halogens is 3. The van der Waals surface area contributed by atoms with Gasteiger partial charge in [-0.1, -0.05) is 35.3 Å². The molecule has 6 heterocycles. The van der Waals surface area contributed by atoms with Crippen LogP contribution in [0.3, 0.4) is 0 Å². The molecule has 53 heavy (non-hydrogen) atoms. The van der Waals surface area contributed by atoms with Crippen molar-refractivity contribution in [3.63, 3.8) is 0 Å². The standard InChI is InChI=1S/C41H39Cl2FN6O3/c1-21-28-17-33(32-16-26(19-49(32)41(51)22-10-11-22)53-20-24-7-5-13-46-40(24)52-2)50(38-25-15-31(38)47-18-25)39(28)29-14-23(6-4-12-45)34(36(44)37(29)48-21)27-8-3-9-30(42)35(27)43/h3,5,7-9,13-14,17,22,25-26,31-32,38,47H,4,6,10-11,15-16,18-20H2,1-2H3/t25-,26+,31-,32-,38+/m1/s1. The van der Waals surface area contributed by atoms with Gasteiger partial charge < -0.3 is 24.3 Å². The van der Waals surface area contributed by atoms with Crippen molar-refractivity contribution in [3.05, 3.63) is 87.0 Å². The van der Waals surface area contributed by atoms with E-state index in [-0.39, 0.29) is 53.0 Å². The molecule has 2 saturated carbocycles. The van der Waals surface area contributed by atoms with Crippen LogP contribution >= 0.6 is 23.2 Å². The maximum absolute atomic E-state index is 17.2. The highest BCUT2D eigenvalue weighted by molar-refractivity contribution is 6.43. The molecule has 2 bridgehead atoms. The smallest absolute Gasteiger partial charge is 0.226 e. The zero-order chi connectivity index (χ0) is 36.5. The second-order valence-corrected chi connectivity index (χ2v) is 15.7. The van der Waals surface area contributed by atoms with Gasteiger partial charge in [0.2, 0.25) is 11.8 Å². The summed E-state index contributed by atoms with van der Waals surface area (Å²) < 4.78 is 31.6. The van der Waals surface area contributed by atoms with Gasteiger partial charge in [0.25, 0.3) is 0 Å². The highest BCUT2D eigenvalue weighted by atomic mass is 35.5. The molecule has 0 spiro atoms. The van der Waals surface area contributed by atoms with Crippen LogP contribution in [0.1, 0.15) is 66.7 Å². The van der Waals surface area contributed by atoms with Gasteiger partial charge in [0.1, 0.15) is 5.52 Å². The number of aromatic nitrogens is 3. The van der Waals surface area contributed by atoms with Crippen LogP contribution in [0, 0.1) is 35.9 Å². The summed E-state index contributed by atoms with van der Waals surface area (Å²) in [6, 6.07) is 15.6. The summed E-state index contributed by atoms with van der Waals surface area (Å²) in [6.45, 7) is 3.63. The predicted octanol–water partition coefficient (Wildman–Crippen LogP) is 8.27. The van der Waals surface area contributed by atoms with Crippen molar-refractivity contribution in [2.24, 2.45) is 11.8 Å². The van der Waals surface area contributed by atoms with E-state index in [4.69, 9.17) is 37.7 Å². The number of rotatable bonds is 10. The minimum atomic E-state index is -0.487. The third-order valence-electron chi connectivity index (χ3n) is 11.8. The first-order chi connectivity index (χ1) is 25.8. The molecule has 12 heteroatoms. The number of pyridine rings is 2. The zero-order valence-corrected chi connectivity index (χ0v) is 31.1. The Morgan fingerprint density at radius 2 is 1.98 bits per heavy atom. The lowest BCUT2D eigenvalue weighted by Gasteiger charge is -2.39. The van der Waals surface area contributed by atoms with Crippen LogP contribution in [0.5, 0.6) is 5.88 Å². The quantitative estimate of drug-likeness (QED) is 0.153. The average molecular weight is 754 g/mol. The zero-order valence-electron chi connectivity index (χ0n) is 29.5. The molecule has 272 valence electrons. The number of methoxy groups -OCH3 is 1. The highest BCUT2D eigenvalue weighted by Gasteiger charge is 2.51. The lowest BCUT2D eigenvalue weighted by atomic mass is 9.79. The second kappa shape index (κ2) is 13.5. The van der Waals surface area contributed by atoms with E-state index >= 15 is 4.39 Å². The number of nitriles is 1. The largest absolute Gasteiger partial charge is 0.481 e. The Hall–Kier alpha value is -4.27. The van der Waals surface area contributed by atoms with Gasteiger partial charge in [-0.05, 0) is 74.4 Å². The molecule has 1 N–H and O–H groups in total. The lowest BCUT2D eigenvalue weighted by Crippen LogP contribution is -2.41. The highest BCUT2D eigenvalue weighted by Crippen LogP contribution is 2.51. The molecule has 5 aromatic rings. The van der Waals surface area contributed by atoms with E-state index in [1.165, 1.54) is 0 Å². The molecule has 9 nitrogen and oxygen atoms in total. The average Bonchev–Trinajstić information content (AvgIpc) is 3.45. The number of hydrogen-bond acceptors (Lipinski definition) is 7. The number of ether oxygens (including phenoxy) is 2. The molecule has 3 saturated heterocycles. The van der Waals surface area contributed by atoms with E-state index in [1.54, 1.807) is 31.5 Å². The number of carbonyl (C=O) groups excluding carboxylic acids is 1. The molecule has 1 amide bonds. The van der Waals surface area contributed by atoms with Crippen LogP contribution < -0.4 is 10.1 Å². The maximum atomic E-state index is 17.2. The SMILES string of the molecule is COc1ncccc1CO[C@H]1C[C@H](c2cc3c(C)nc4c(F)c(-c5cccc(Cl)c5Cl)c(CCC#N)cc4c3n2[C@H]2[C@H]3CN[C@@H]2C3)N(C(=O)C2CC2)C1. The first-order valence-electron chi connectivity index (χ1n) is 18.4. The van der Waals surface area contributed by atoms with Crippen molar-refractivity contribution in [1.29, 1.82) is 5.26 Å². The van der Waals surface area contributed by atoms with E-state index in [9.17, 15) is 10.1 Å². The third kappa shape index (κ3) is 5.75. The van der Waals surface area contributed by atoms with Crippen LogP contribution in [0.15, 0.2) is 48.7 Å². The lowest BCUT2D eigenvalue weighted by molar-refractivity contribution is -0.134. The van der Waals surface area contributed by atoms with Gasteiger partial charge in [0.05, 0.1) is 53.5 Å². The molecule has 5 fully saturated rings. The molecular weight excluding hydrogens is 714 g/mol. The summed E-state index contributed by atoms with van der Waals surface area (Å²) in [5.74, 6) is 0.646. The molecule has 10 rings (SSSR count). The Morgan fingerprint density at radius 3 is 2.72 bits per heavy atom. The summed E-state index contributed by atoms with van der Waals surface area (Å²) in [5, 5.41) is 15.5. The van der Waals surface area contributed by atoms with Crippen LogP contribution in [0.4, 0.5) is 4.39 Å². The van der Waals surface area contributed by atoms with Crippen LogP contribution in [-0.4, -0.2) is 57.7 Å². The number of amides is 1. The minimum absolute atomic E-state index is 0.0341. The first-order valence-corrected chi connectivity index (χ1v) is 19.1. The van der Waals surface area contributed by atoms with E-state index < -0.39 is 5.82 Å². The number of fused-ring (bicyclic) bond motifs is 4. The topological polar surface area (TPSA) is 105 Å². The van der Waals surface area contributed by atoms with Crippen LogP contribution in [0.25, 0.3) is 32.9 Å². The number of hydrogen-bond donors (Lipinski definition) is 1. The molecule has 5 atom stereocenters. The number of aryl methyl sites for hydroxylation is 2. The van der Waals surface area contributed by atoms with Crippen molar-refractivity contribution < 1.29 is 18.7 Å². The van der Waals surface area contributed by atoms with Gasteiger partial charge in [-0.2, -0.15) is 5.26 Å². The van der Waals surface area contributed by atoms with Gasteiger partial charge in [-0.3, -0.25) is 4.79 Å². The van der Waals surface area contributed by atoms with Crippen LogP contribution in [-0.2, 0) is 22.6 Å². The fraction of sp³-hybridized carbons (Fsp3) is 0.415. The van der Waals surface area contributed by atoms with Gasteiger partial charge in [0.15, 0.2) is 5.82 Å². The van der Waals surface area contributed by atoms with Crippen LogP contribution in [0.2, 0.25) is 10.0 Å². The molecule has 2 aliphatic carbocycles. The normalized spacial score (nSPS) is 23.5. The molecule has 2 aromatic carbocycles. The van der Waals surface area contributed by atoms with Crippen molar-refractivity contribution in [2.75, 3.05) is 20.2 Å². The van der Waals surface area contributed by atoms with E-state index in [0.29, 0.717) is 70.6 Å². The number of carbonyl (C=O) groups is 1. The number of likely N-dealkylation sites (tertiary alicyclic amines) is 1. The summed E-state index contributed by atoms with van der Waals surface area (Å²) in [5.41, 5.74) is 5.20. The van der Waals surface area contributed by atoms with Gasteiger partial charge in [-0.25, -0.2) is 14.4 Å². The summed E-state index contributed by atoms with van der Waals surface area (Å²) in [4.78, 5) is 25.3. The van der Waals surface area contributed by atoms with E-state index in [2.05, 4.69) is 27.0 Å². The monoisotopic (exact) mass is 752 g/mol. The Morgan fingerprint density at radius 1 is 1.13 bits per heavy atom. The Bertz CT molecular complexity index is 2320. The Balaban J connectivity index is 1.22. The number of nitrogens with zero attached hydrogens (tertiary/aromatic N) is 5. The van der Waals surface area contributed by atoms with E-state index in [0.717, 1.165) is 48.0 Å². The second-order valence-electron chi connectivity index (χ2n) is 14.9. The molecule has 0 radical (unpaired) electrons. The predicted molar refractivity (Wildman–Crippen MR) is 201 cm³/mol. The fourth-order valence-electron chi connectivity index (χ4n) is 9.03. The Labute approximate surface area is 317 Å². The summed E-state index contributed by atoms with van der Waals surface area (Å²) >= 11 is 13.1. The number of nitrogens with one attached hydrogen (secondary N) is 1. The minimum Gasteiger partial charge on any atom is -0.481 e. The van der Waals surface area contributed by atoms with Crippen molar-refractivity contribution in [3.8, 4) is 23.1 Å². The summed E-state index contributed by atoms with van der Waals surface area (Å²) in [6.07, 6.45) is 5.51. The third-order valence-corrected chi connectivity index (χ3v) is 12.6. The first kappa shape index (κ1) is 34.5. The van der Waals surface area contributed by atoms with Gasteiger partial charge >= 0.3 is 0 Å². The molecular formula is C41H39Cl2FN6O3. The van der Waals surface area contributed by atoms with Gasteiger partial charge in [-0.15, -0.1) is 0 Å². The van der Waals surface area contributed by atoms with Gasteiger partial charge in [0, 0.05) is 82.9 Å². The van der Waals surface area contributed by atoms with Crippen molar-refractivity contribution >= 4 is 50.9 Å². The van der Waals surface area contributed by atoms with E-state index in [1.807, 2.05) is 30.0 Å². The van der Waals surface area contributed by atoms with Crippen molar-refractivity contribution in [2.45, 2.75) is 76.3 Å². The molecule has 5 aliphatic rings. The molecule has 0 unspecified atom stereocenters. The molecule has 3 aliphatic heterocycles.